The Morgan fingerprint density at radius 1 is 1.16 bits per heavy atom. The number of nitrogens with zero attached hydrogens (tertiary/aromatic N) is 1. The van der Waals surface area contributed by atoms with E-state index < -0.39 is 0 Å². The molecule has 0 saturated carbocycles. The Labute approximate surface area is 228 Å². The zero-order valence-corrected chi connectivity index (χ0v) is 23.9. The summed E-state index contributed by atoms with van der Waals surface area (Å²) in [6.45, 7) is 10.8. The number of halogens is 1. The molecule has 1 amide bonds. The quantitative estimate of drug-likeness (QED) is 0.307. The fourth-order valence-corrected chi connectivity index (χ4v) is 6.01. The average Bonchev–Trinajstić information content (AvgIpc) is 3.21. The molecule has 196 valence electrons. The van der Waals surface area contributed by atoms with Crippen molar-refractivity contribution in [1.29, 1.82) is 0 Å². The van der Waals surface area contributed by atoms with Crippen molar-refractivity contribution in [3.05, 3.63) is 69.1 Å². The molecule has 4 rings (SSSR count). The first kappa shape index (κ1) is 27.2. The predicted molar refractivity (Wildman–Crippen MR) is 155 cm³/mol. The van der Waals surface area contributed by atoms with Gasteiger partial charge >= 0.3 is 0 Å². The summed E-state index contributed by atoms with van der Waals surface area (Å²) in [4.78, 5) is 19.6. The molecule has 2 aromatic carbocycles. The Morgan fingerprint density at radius 3 is 2.54 bits per heavy atom. The lowest BCUT2D eigenvalue weighted by atomic mass is 9.72. The molecule has 0 saturated heterocycles. The monoisotopic (exact) mass is 538 g/mol. The van der Waals surface area contributed by atoms with Crippen molar-refractivity contribution < 1.29 is 14.3 Å². The number of ether oxygens (including phenoxy) is 2. The second kappa shape index (κ2) is 11.3. The van der Waals surface area contributed by atoms with Crippen molar-refractivity contribution in [3.63, 3.8) is 0 Å². The number of benzene rings is 2. The zero-order chi connectivity index (χ0) is 26.7. The van der Waals surface area contributed by atoms with Crippen LogP contribution in [-0.2, 0) is 12.8 Å². The Hall–Kier alpha value is -2.83. The van der Waals surface area contributed by atoms with Gasteiger partial charge in [-0.25, -0.2) is 4.99 Å². The number of rotatable bonds is 7. The molecule has 0 radical (unpaired) electrons. The summed E-state index contributed by atoms with van der Waals surface area (Å²) in [6.07, 6.45) is 4.74. The molecule has 1 heterocycles. The SMILES string of the molecule is COc1cc(C=Nc2sc3c(c2C(=O)Nc2ccc(Cl)cc2)CC[C@@H](C(C)(C)C)C3)ccc1OC(C)C. The van der Waals surface area contributed by atoms with Gasteiger partial charge in [-0.3, -0.25) is 4.79 Å². The van der Waals surface area contributed by atoms with Gasteiger partial charge in [0.15, 0.2) is 11.5 Å². The molecule has 0 spiro atoms. The van der Waals surface area contributed by atoms with Gasteiger partial charge < -0.3 is 14.8 Å². The Balaban J connectivity index is 1.68. The average molecular weight is 539 g/mol. The molecule has 37 heavy (non-hydrogen) atoms. The van der Waals surface area contributed by atoms with E-state index >= 15 is 0 Å². The number of carbonyl (C=O) groups is 1. The summed E-state index contributed by atoms with van der Waals surface area (Å²) >= 11 is 7.65. The van der Waals surface area contributed by atoms with Gasteiger partial charge in [-0.2, -0.15) is 0 Å². The minimum Gasteiger partial charge on any atom is -0.493 e. The molecule has 0 unspecified atom stereocenters. The van der Waals surface area contributed by atoms with Crippen LogP contribution in [0.15, 0.2) is 47.5 Å². The number of carbonyl (C=O) groups excluding carboxylic acids is 1. The van der Waals surface area contributed by atoms with Gasteiger partial charge in [-0.1, -0.05) is 32.4 Å². The third kappa shape index (κ3) is 6.55. The first-order valence-corrected chi connectivity index (χ1v) is 13.8. The molecule has 5 nitrogen and oxygen atoms in total. The minimum atomic E-state index is -0.139. The van der Waals surface area contributed by atoms with Crippen LogP contribution in [0.1, 0.15) is 67.4 Å². The van der Waals surface area contributed by atoms with E-state index in [9.17, 15) is 4.79 Å². The number of methoxy groups -OCH3 is 1. The fourth-order valence-electron chi connectivity index (χ4n) is 4.61. The van der Waals surface area contributed by atoms with Crippen molar-refractivity contribution in [2.75, 3.05) is 12.4 Å². The molecular weight excluding hydrogens is 504 g/mol. The smallest absolute Gasteiger partial charge is 0.259 e. The maximum atomic E-state index is 13.5. The molecule has 1 aliphatic carbocycles. The van der Waals surface area contributed by atoms with Crippen LogP contribution in [0.2, 0.25) is 5.02 Å². The number of hydrogen-bond acceptors (Lipinski definition) is 5. The molecule has 0 bridgehead atoms. The van der Waals surface area contributed by atoms with Crippen molar-refractivity contribution in [2.45, 2.75) is 60.0 Å². The second-order valence-electron chi connectivity index (χ2n) is 10.8. The molecule has 0 fully saturated rings. The summed E-state index contributed by atoms with van der Waals surface area (Å²) in [5.41, 5.74) is 3.59. The van der Waals surface area contributed by atoms with E-state index in [0.717, 1.165) is 35.4 Å². The summed E-state index contributed by atoms with van der Waals surface area (Å²) in [6, 6.07) is 12.9. The highest BCUT2D eigenvalue weighted by molar-refractivity contribution is 7.16. The van der Waals surface area contributed by atoms with E-state index in [1.807, 2.05) is 44.2 Å². The van der Waals surface area contributed by atoms with E-state index in [1.165, 1.54) is 4.88 Å². The van der Waals surface area contributed by atoms with Crippen LogP contribution in [0.3, 0.4) is 0 Å². The lowest BCUT2D eigenvalue weighted by Crippen LogP contribution is -2.27. The summed E-state index contributed by atoms with van der Waals surface area (Å²) in [5, 5.41) is 4.40. The fraction of sp³-hybridized carbons (Fsp3) is 0.400. The predicted octanol–water partition coefficient (Wildman–Crippen LogP) is 8.35. The highest BCUT2D eigenvalue weighted by Gasteiger charge is 2.33. The number of aliphatic imine (C=N–C) groups is 1. The Kier molecular flexibility index (Phi) is 8.29. The van der Waals surface area contributed by atoms with Gasteiger partial charge in [0, 0.05) is 21.8 Å². The standard InChI is InChI=1S/C30H35ClN2O3S/c1-18(2)36-24-14-7-19(15-25(24)35-6)17-32-29-27(28(34)33-22-11-9-21(31)10-12-22)23-13-8-20(30(3,4)5)16-26(23)37-29/h7,9-12,14-15,17-18,20H,8,13,16H2,1-6H3,(H,33,34)/t20-/m1/s1. The molecule has 0 aliphatic heterocycles. The Bertz CT molecular complexity index is 1290. The minimum absolute atomic E-state index is 0.0458. The summed E-state index contributed by atoms with van der Waals surface area (Å²) in [7, 11) is 1.63. The number of fused-ring (bicyclic) bond motifs is 1. The zero-order valence-electron chi connectivity index (χ0n) is 22.4. The molecule has 1 atom stereocenters. The lowest BCUT2D eigenvalue weighted by molar-refractivity contribution is 0.102. The highest BCUT2D eigenvalue weighted by Crippen LogP contribution is 2.45. The van der Waals surface area contributed by atoms with Gasteiger partial charge in [0.05, 0.1) is 18.8 Å². The maximum Gasteiger partial charge on any atom is 0.259 e. The first-order valence-electron chi connectivity index (χ1n) is 12.7. The molecule has 1 N–H and O–H groups in total. The molecule has 1 aromatic heterocycles. The second-order valence-corrected chi connectivity index (χ2v) is 12.3. The molecular formula is C30H35ClN2O3S. The van der Waals surface area contributed by atoms with E-state index in [1.54, 1.807) is 36.8 Å². The van der Waals surface area contributed by atoms with E-state index in [-0.39, 0.29) is 17.4 Å². The van der Waals surface area contributed by atoms with E-state index in [4.69, 9.17) is 26.1 Å². The molecule has 1 aliphatic rings. The normalized spacial score (nSPS) is 15.6. The molecule has 7 heteroatoms. The first-order chi connectivity index (χ1) is 17.5. The summed E-state index contributed by atoms with van der Waals surface area (Å²) in [5.74, 6) is 1.77. The van der Waals surface area contributed by atoms with Gasteiger partial charge in [-0.15, -0.1) is 11.3 Å². The number of thiophene rings is 1. The topological polar surface area (TPSA) is 59.9 Å². The van der Waals surface area contributed by atoms with Gasteiger partial charge in [0.25, 0.3) is 5.91 Å². The Morgan fingerprint density at radius 2 is 1.89 bits per heavy atom. The van der Waals surface area contributed by atoms with Crippen molar-refractivity contribution in [3.8, 4) is 11.5 Å². The van der Waals surface area contributed by atoms with Gasteiger partial charge in [0.2, 0.25) is 0 Å². The van der Waals surface area contributed by atoms with Crippen molar-refractivity contribution in [1.82, 2.24) is 0 Å². The summed E-state index contributed by atoms with van der Waals surface area (Å²) < 4.78 is 11.4. The van der Waals surface area contributed by atoms with Crippen LogP contribution in [0.25, 0.3) is 0 Å². The van der Waals surface area contributed by atoms with E-state index in [0.29, 0.717) is 33.7 Å². The van der Waals surface area contributed by atoms with Gasteiger partial charge in [0.1, 0.15) is 5.00 Å². The van der Waals surface area contributed by atoms with Crippen LogP contribution < -0.4 is 14.8 Å². The van der Waals surface area contributed by atoms with E-state index in [2.05, 4.69) is 26.1 Å². The van der Waals surface area contributed by atoms with Gasteiger partial charge in [-0.05, 0) is 98.0 Å². The number of hydrogen-bond donors (Lipinski definition) is 1. The molecule has 3 aromatic rings. The van der Waals surface area contributed by atoms with Crippen LogP contribution in [-0.4, -0.2) is 25.3 Å². The van der Waals surface area contributed by atoms with Crippen molar-refractivity contribution in [2.24, 2.45) is 16.3 Å². The largest absolute Gasteiger partial charge is 0.493 e. The maximum absolute atomic E-state index is 13.5. The third-order valence-corrected chi connectivity index (χ3v) is 8.10. The van der Waals surface area contributed by atoms with Crippen LogP contribution in [0.5, 0.6) is 11.5 Å². The number of amides is 1. The van der Waals surface area contributed by atoms with Crippen LogP contribution >= 0.6 is 22.9 Å². The third-order valence-electron chi connectivity index (χ3n) is 6.68. The van der Waals surface area contributed by atoms with Crippen LogP contribution in [0.4, 0.5) is 10.7 Å². The van der Waals surface area contributed by atoms with Crippen LogP contribution in [0, 0.1) is 11.3 Å². The number of anilines is 1. The lowest BCUT2D eigenvalue weighted by Gasteiger charge is -2.33. The number of nitrogens with one attached hydrogen (secondary N) is 1. The highest BCUT2D eigenvalue weighted by atomic mass is 35.5. The van der Waals surface area contributed by atoms with Crippen molar-refractivity contribution >= 4 is 45.7 Å².